The third kappa shape index (κ3) is 3.57. The summed E-state index contributed by atoms with van der Waals surface area (Å²) in [6.07, 6.45) is 11.4. The first-order valence-electron chi connectivity index (χ1n) is 8.25. The molecular formula is C18H27NOS. The average molecular weight is 305 g/mol. The lowest BCUT2D eigenvalue weighted by molar-refractivity contribution is 0.327. The van der Waals surface area contributed by atoms with Gasteiger partial charge in [0.15, 0.2) is 0 Å². The molecule has 1 aromatic carbocycles. The van der Waals surface area contributed by atoms with E-state index in [9.17, 15) is 0 Å². The summed E-state index contributed by atoms with van der Waals surface area (Å²) >= 11 is 2.05. The fourth-order valence-corrected chi connectivity index (χ4v) is 4.82. The molecule has 0 spiro atoms. The van der Waals surface area contributed by atoms with Gasteiger partial charge >= 0.3 is 0 Å². The zero-order valence-electron chi connectivity index (χ0n) is 13.2. The molecule has 3 unspecified atom stereocenters. The molecule has 0 aromatic heterocycles. The van der Waals surface area contributed by atoms with Gasteiger partial charge in [0.05, 0.1) is 7.11 Å². The van der Waals surface area contributed by atoms with Crippen LogP contribution < -0.4 is 10.1 Å². The van der Waals surface area contributed by atoms with E-state index in [0.29, 0.717) is 12.1 Å². The number of hydrogen-bond donors (Lipinski definition) is 1. The summed E-state index contributed by atoms with van der Waals surface area (Å²) < 4.78 is 5.38. The number of benzene rings is 1. The molecule has 3 rings (SSSR count). The predicted molar refractivity (Wildman–Crippen MR) is 91.5 cm³/mol. The zero-order valence-corrected chi connectivity index (χ0v) is 14.0. The highest BCUT2D eigenvalue weighted by Gasteiger charge is 2.28. The normalized spacial score (nSPS) is 29.0. The molecule has 1 saturated carbocycles. The van der Waals surface area contributed by atoms with Crippen LogP contribution in [0.15, 0.2) is 18.2 Å². The maximum atomic E-state index is 5.38. The van der Waals surface area contributed by atoms with E-state index >= 15 is 0 Å². The van der Waals surface area contributed by atoms with E-state index in [2.05, 4.69) is 41.5 Å². The van der Waals surface area contributed by atoms with Crippen molar-refractivity contribution >= 4 is 11.8 Å². The first-order valence-corrected chi connectivity index (χ1v) is 9.53. The molecule has 21 heavy (non-hydrogen) atoms. The van der Waals surface area contributed by atoms with Crippen molar-refractivity contribution in [1.82, 2.24) is 5.32 Å². The molecule has 0 radical (unpaired) electrons. The zero-order chi connectivity index (χ0) is 14.7. The van der Waals surface area contributed by atoms with Gasteiger partial charge in [0.25, 0.3) is 0 Å². The van der Waals surface area contributed by atoms with Gasteiger partial charge in [-0.15, -0.1) is 0 Å². The number of methoxy groups -OCH3 is 1. The Morgan fingerprint density at radius 2 is 2.00 bits per heavy atom. The minimum Gasteiger partial charge on any atom is -0.497 e. The number of thioether (sulfide) groups is 1. The molecule has 1 N–H and O–H groups in total. The second-order valence-corrected chi connectivity index (χ2v) is 7.48. The second-order valence-electron chi connectivity index (χ2n) is 6.41. The number of nitrogens with one attached hydrogen (secondary N) is 1. The Morgan fingerprint density at radius 3 is 2.81 bits per heavy atom. The van der Waals surface area contributed by atoms with Crippen molar-refractivity contribution in [2.45, 2.75) is 62.3 Å². The SMILES string of the molecule is COc1ccc2c(c1)CC(NC1CCCCC1SC)CC2. The monoisotopic (exact) mass is 305 g/mol. The van der Waals surface area contributed by atoms with E-state index in [1.165, 1.54) is 49.7 Å². The van der Waals surface area contributed by atoms with Gasteiger partial charge in [0.2, 0.25) is 0 Å². The Balaban J connectivity index is 1.65. The summed E-state index contributed by atoms with van der Waals surface area (Å²) in [5, 5.41) is 4.79. The van der Waals surface area contributed by atoms with Crippen LogP contribution in [-0.2, 0) is 12.8 Å². The van der Waals surface area contributed by atoms with Crippen molar-refractivity contribution in [1.29, 1.82) is 0 Å². The van der Waals surface area contributed by atoms with Crippen LogP contribution in [0.4, 0.5) is 0 Å². The van der Waals surface area contributed by atoms with Crippen molar-refractivity contribution in [3.05, 3.63) is 29.3 Å². The fourth-order valence-electron chi connectivity index (χ4n) is 3.88. The average Bonchev–Trinajstić information content (AvgIpc) is 2.54. The lowest BCUT2D eigenvalue weighted by Gasteiger charge is -2.36. The number of ether oxygens (including phenoxy) is 1. The molecule has 0 aliphatic heterocycles. The maximum Gasteiger partial charge on any atom is 0.119 e. The molecule has 3 atom stereocenters. The first kappa shape index (κ1) is 15.2. The molecule has 2 nitrogen and oxygen atoms in total. The van der Waals surface area contributed by atoms with Crippen LogP contribution in [0.5, 0.6) is 5.75 Å². The molecule has 0 bridgehead atoms. The van der Waals surface area contributed by atoms with E-state index in [0.717, 1.165) is 17.4 Å². The molecule has 116 valence electrons. The van der Waals surface area contributed by atoms with Gasteiger partial charge in [-0.25, -0.2) is 0 Å². The van der Waals surface area contributed by atoms with Crippen LogP contribution >= 0.6 is 11.8 Å². The van der Waals surface area contributed by atoms with Crippen molar-refractivity contribution in [3.8, 4) is 5.75 Å². The highest BCUT2D eigenvalue weighted by molar-refractivity contribution is 7.99. The number of aryl methyl sites for hydroxylation is 1. The highest BCUT2D eigenvalue weighted by atomic mass is 32.2. The van der Waals surface area contributed by atoms with Crippen LogP contribution in [0, 0.1) is 0 Å². The molecule has 0 saturated heterocycles. The fraction of sp³-hybridized carbons (Fsp3) is 0.667. The topological polar surface area (TPSA) is 21.3 Å². The number of rotatable bonds is 4. The first-order chi connectivity index (χ1) is 10.3. The van der Waals surface area contributed by atoms with Crippen LogP contribution in [0.25, 0.3) is 0 Å². The molecule has 2 aliphatic rings. The van der Waals surface area contributed by atoms with E-state index in [4.69, 9.17) is 4.74 Å². The van der Waals surface area contributed by atoms with Gasteiger partial charge in [-0.05, 0) is 61.6 Å². The van der Waals surface area contributed by atoms with Crippen molar-refractivity contribution in [3.63, 3.8) is 0 Å². The third-order valence-electron chi connectivity index (χ3n) is 5.10. The van der Waals surface area contributed by atoms with Gasteiger partial charge in [-0.2, -0.15) is 11.8 Å². The largest absolute Gasteiger partial charge is 0.497 e. The summed E-state index contributed by atoms with van der Waals surface area (Å²) in [7, 11) is 1.76. The molecule has 1 fully saturated rings. The molecule has 0 heterocycles. The smallest absolute Gasteiger partial charge is 0.119 e. The van der Waals surface area contributed by atoms with Gasteiger partial charge in [-0.3, -0.25) is 0 Å². The maximum absolute atomic E-state index is 5.38. The number of fused-ring (bicyclic) bond motifs is 1. The Morgan fingerprint density at radius 1 is 1.14 bits per heavy atom. The summed E-state index contributed by atoms with van der Waals surface area (Å²) in [6.45, 7) is 0. The lowest BCUT2D eigenvalue weighted by Crippen LogP contribution is -2.47. The Kier molecular flexibility index (Phi) is 5.12. The molecular weight excluding hydrogens is 278 g/mol. The van der Waals surface area contributed by atoms with Crippen LogP contribution in [0.2, 0.25) is 0 Å². The van der Waals surface area contributed by atoms with Gasteiger partial charge < -0.3 is 10.1 Å². The molecule has 2 aliphatic carbocycles. The van der Waals surface area contributed by atoms with E-state index in [1.807, 2.05) is 0 Å². The quantitative estimate of drug-likeness (QED) is 0.914. The number of hydrogen-bond acceptors (Lipinski definition) is 3. The van der Waals surface area contributed by atoms with Gasteiger partial charge in [0.1, 0.15) is 5.75 Å². The van der Waals surface area contributed by atoms with Gasteiger partial charge in [-0.1, -0.05) is 18.9 Å². The van der Waals surface area contributed by atoms with Crippen LogP contribution in [0.3, 0.4) is 0 Å². The third-order valence-corrected chi connectivity index (χ3v) is 6.27. The summed E-state index contributed by atoms with van der Waals surface area (Å²) in [6, 6.07) is 7.93. The van der Waals surface area contributed by atoms with E-state index < -0.39 is 0 Å². The van der Waals surface area contributed by atoms with Crippen molar-refractivity contribution < 1.29 is 4.74 Å². The second kappa shape index (κ2) is 7.06. The van der Waals surface area contributed by atoms with E-state index in [-0.39, 0.29) is 0 Å². The van der Waals surface area contributed by atoms with Crippen LogP contribution in [-0.4, -0.2) is 30.7 Å². The minimum absolute atomic E-state index is 0.641. The lowest BCUT2D eigenvalue weighted by atomic mass is 9.86. The van der Waals surface area contributed by atoms with Crippen molar-refractivity contribution in [2.75, 3.05) is 13.4 Å². The van der Waals surface area contributed by atoms with Crippen LogP contribution in [0.1, 0.15) is 43.2 Å². The highest BCUT2D eigenvalue weighted by Crippen LogP contribution is 2.30. The Bertz CT molecular complexity index is 476. The summed E-state index contributed by atoms with van der Waals surface area (Å²) in [5.74, 6) is 0.994. The Hall–Kier alpha value is -0.670. The minimum atomic E-state index is 0.641. The van der Waals surface area contributed by atoms with Crippen molar-refractivity contribution in [2.24, 2.45) is 0 Å². The summed E-state index contributed by atoms with van der Waals surface area (Å²) in [4.78, 5) is 0. The van der Waals surface area contributed by atoms with E-state index in [1.54, 1.807) is 7.11 Å². The molecule has 0 amide bonds. The standard InChI is InChI=1S/C18H27NOS/c1-20-16-10-8-13-7-9-15(11-14(13)12-16)19-17-5-3-4-6-18(17)21-2/h8,10,12,15,17-19H,3-7,9,11H2,1-2H3. The molecule has 1 aromatic rings. The predicted octanol–water partition coefficient (Wildman–Crippen LogP) is 3.82. The van der Waals surface area contributed by atoms with Gasteiger partial charge in [0, 0.05) is 17.3 Å². The Labute approximate surface area is 133 Å². The molecule has 3 heteroatoms. The summed E-state index contributed by atoms with van der Waals surface area (Å²) in [5.41, 5.74) is 2.99.